The van der Waals surface area contributed by atoms with E-state index in [1.165, 1.54) is 17.7 Å². The summed E-state index contributed by atoms with van der Waals surface area (Å²) in [5, 5.41) is 14.5. The monoisotopic (exact) mass is 362 g/mol. The summed E-state index contributed by atoms with van der Waals surface area (Å²) in [6.45, 7) is 3.86. The van der Waals surface area contributed by atoms with E-state index in [0.717, 1.165) is 29.5 Å². The number of aromatic nitrogens is 2. The molecule has 0 unspecified atom stereocenters. The molecule has 0 spiro atoms. The number of Topliss-reactive ketones (excluding diaryl/α,β-unsaturated/α-hetero) is 1. The molecular weight excluding hydrogens is 340 g/mol. The maximum Gasteiger partial charge on any atom is 0.267 e. The van der Waals surface area contributed by atoms with Crippen LogP contribution in [0.2, 0.25) is 0 Å². The van der Waals surface area contributed by atoms with E-state index in [9.17, 15) is 14.7 Å². The molecule has 1 aromatic heterocycles. The Morgan fingerprint density at radius 2 is 1.93 bits per heavy atom. The molecule has 0 radical (unpaired) electrons. The van der Waals surface area contributed by atoms with Crippen LogP contribution < -0.4 is 5.56 Å². The van der Waals surface area contributed by atoms with Crippen molar-refractivity contribution in [3.8, 4) is 17.0 Å². The number of aromatic hydroxyl groups is 1. The van der Waals surface area contributed by atoms with Crippen LogP contribution in [0.5, 0.6) is 5.75 Å². The third kappa shape index (κ3) is 4.31. The molecule has 2 aromatic carbocycles. The Balaban J connectivity index is 1.95. The second kappa shape index (κ2) is 7.99. The highest BCUT2D eigenvalue weighted by molar-refractivity contribution is 5.94. The number of ketones is 1. The van der Waals surface area contributed by atoms with E-state index in [1.807, 2.05) is 12.1 Å². The van der Waals surface area contributed by atoms with Gasteiger partial charge in [0.25, 0.3) is 5.56 Å². The predicted molar refractivity (Wildman–Crippen MR) is 105 cm³/mol. The first kappa shape index (κ1) is 18.6. The highest BCUT2D eigenvalue weighted by Crippen LogP contribution is 2.25. The first-order valence-corrected chi connectivity index (χ1v) is 8.98. The summed E-state index contributed by atoms with van der Waals surface area (Å²) in [6, 6.07) is 15.7. The first-order chi connectivity index (χ1) is 13.0. The third-order valence-electron chi connectivity index (χ3n) is 4.43. The number of carbonyl (C=O) groups is 1. The van der Waals surface area contributed by atoms with Crippen molar-refractivity contribution in [3.05, 3.63) is 81.6 Å². The molecule has 0 bridgehead atoms. The van der Waals surface area contributed by atoms with Gasteiger partial charge in [0.15, 0.2) is 5.78 Å². The molecule has 0 fully saturated rings. The van der Waals surface area contributed by atoms with E-state index >= 15 is 0 Å². The molecule has 0 atom stereocenters. The lowest BCUT2D eigenvalue weighted by Gasteiger charge is -2.10. The van der Waals surface area contributed by atoms with E-state index in [0.29, 0.717) is 11.3 Å². The standard InChI is InChI=1S/C22H22N2O3/c1-3-5-19-13-18(8-10-21(19)26)20-9-11-22(27)24(23-20)14-16-6-4-7-17(12-16)15(2)25/h4,6-13,26H,3,5,14H2,1-2H3. The van der Waals surface area contributed by atoms with Crippen molar-refractivity contribution < 1.29 is 9.90 Å². The molecule has 27 heavy (non-hydrogen) atoms. The van der Waals surface area contributed by atoms with E-state index in [-0.39, 0.29) is 23.6 Å². The molecule has 0 saturated heterocycles. The lowest BCUT2D eigenvalue weighted by atomic mass is 10.0. The van der Waals surface area contributed by atoms with Gasteiger partial charge in [-0.2, -0.15) is 5.10 Å². The van der Waals surface area contributed by atoms with Crippen molar-refractivity contribution in [3.63, 3.8) is 0 Å². The summed E-state index contributed by atoms with van der Waals surface area (Å²) in [7, 11) is 0. The van der Waals surface area contributed by atoms with Crippen molar-refractivity contribution in [1.29, 1.82) is 0 Å². The SMILES string of the molecule is CCCc1cc(-c2ccc(=O)n(Cc3cccc(C(C)=O)c3)n2)ccc1O. The van der Waals surface area contributed by atoms with Gasteiger partial charge >= 0.3 is 0 Å². The molecule has 0 aliphatic rings. The van der Waals surface area contributed by atoms with Gasteiger partial charge in [-0.3, -0.25) is 9.59 Å². The maximum atomic E-state index is 12.2. The molecule has 5 heteroatoms. The smallest absolute Gasteiger partial charge is 0.267 e. The average molecular weight is 362 g/mol. The van der Waals surface area contributed by atoms with Crippen molar-refractivity contribution in [2.45, 2.75) is 33.2 Å². The van der Waals surface area contributed by atoms with Crippen LogP contribution >= 0.6 is 0 Å². The Bertz CT molecular complexity index is 1040. The molecule has 1 N–H and O–H groups in total. The Hall–Kier alpha value is -3.21. The first-order valence-electron chi connectivity index (χ1n) is 8.98. The summed E-state index contributed by atoms with van der Waals surface area (Å²) in [5.41, 5.74) is 3.62. The molecular formula is C22H22N2O3. The zero-order chi connectivity index (χ0) is 19.4. The fourth-order valence-electron chi connectivity index (χ4n) is 2.99. The van der Waals surface area contributed by atoms with Crippen LogP contribution in [-0.2, 0) is 13.0 Å². The summed E-state index contributed by atoms with van der Waals surface area (Å²) >= 11 is 0. The van der Waals surface area contributed by atoms with Crippen molar-refractivity contribution >= 4 is 5.78 Å². The van der Waals surface area contributed by atoms with Crippen LogP contribution in [0.3, 0.4) is 0 Å². The molecule has 0 aliphatic carbocycles. The Morgan fingerprint density at radius 1 is 1.11 bits per heavy atom. The average Bonchev–Trinajstić information content (AvgIpc) is 2.66. The molecule has 3 rings (SSSR count). The summed E-state index contributed by atoms with van der Waals surface area (Å²) < 4.78 is 1.39. The number of hydrogen-bond donors (Lipinski definition) is 1. The minimum absolute atomic E-state index is 0.0153. The van der Waals surface area contributed by atoms with Gasteiger partial charge in [-0.05, 0) is 54.8 Å². The topological polar surface area (TPSA) is 72.2 Å². The van der Waals surface area contributed by atoms with Crippen molar-refractivity contribution in [1.82, 2.24) is 9.78 Å². The number of phenolic OH excluding ortho intramolecular Hbond substituents is 1. The normalized spacial score (nSPS) is 10.7. The highest BCUT2D eigenvalue weighted by atomic mass is 16.3. The molecule has 0 amide bonds. The zero-order valence-corrected chi connectivity index (χ0v) is 15.5. The van der Waals surface area contributed by atoms with Crippen molar-refractivity contribution in [2.24, 2.45) is 0 Å². The van der Waals surface area contributed by atoms with Gasteiger partial charge in [0.05, 0.1) is 12.2 Å². The fraction of sp³-hybridized carbons (Fsp3) is 0.227. The van der Waals surface area contributed by atoms with Crippen LogP contribution in [0, 0.1) is 0 Å². The van der Waals surface area contributed by atoms with Gasteiger partial charge in [-0.15, -0.1) is 0 Å². The van der Waals surface area contributed by atoms with E-state index in [1.54, 1.807) is 36.4 Å². The van der Waals surface area contributed by atoms with E-state index in [4.69, 9.17) is 0 Å². The fourth-order valence-corrected chi connectivity index (χ4v) is 2.99. The molecule has 0 aliphatic heterocycles. The zero-order valence-electron chi connectivity index (χ0n) is 15.5. The quantitative estimate of drug-likeness (QED) is 0.677. The maximum absolute atomic E-state index is 12.2. The minimum Gasteiger partial charge on any atom is -0.508 e. The summed E-state index contributed by atoms with van der Waals surface area (Å²) in [5.74, 6) is 0.258. The molecule has 138 valence electrons. The van der Waals surface area contributed by atoms with Crippen LogP contribution in [0.15, 0.2) is 59.4 Å². The largest absolute Gasteiger partial charge is 0.508 e. The van der Waals surface area contributed by atoms with Crippen LogP contribution in [0.4, 0.5) is 0 Å². The highest BCUT2D eigenvalue weighted by Gasteiger charge is 2.08. The molecule has 5 nitrogen and oxygen atoms in total. The second-order valence-corrected chi connectivity index (χ2v) is 6.56. The van der Waals surface area contributed by atoms with E-state index < -0.39 is 0 Å². The second-order valence-electron chi connectivity index (χ2n) is 6.56. The van der Waals surface area contributed by atoms with Gasteiger partial charge in [0.1, 0.15) is 5.75 Å². The lowest BCUT2D eigenvalue weighted by Crippen LogP contribution is -2.23. The number of hydrogen-bond acceptors (Lipinski definition) is 4. The number of carbonyl (C=O) groups excluding carboxylic acids is 1. The minimum atomic E-state index is -0.209. The number of nitrogens with zero attached hydrogens (tertiary/aromatic N) is 2. The number of aryl methyl sites for hydroxylation is 1. The van der Waals surface area contributed by atoms with E-state index in [2.05, 4.69) is 12.0 Å². The predicted octanol–water partition coefficient (Wildman–Crippen LogP) is 3.82. The van der Waals surface area contributed by atoms with Crippen LogP contribution in [0.25, 0.3) is 11.3 Å². The van der Waals surface area contributed by atoms with Crippen LogP contribution in [-0.4, -0.2) is 20.7 Å². The van der Waals surface area contributed by atoms with Crippen LogP contribution in [0.1, 0.15) is 41.8 Å². The Morgan fingerprint density at radius 3 is 2.67 bits per heavy atom. The third-order valence-corrected chi connectivity index (χ3v) is 4.43. The Kier molecular flexibility index (Phi) is 5.50. The molecule has 0 saturated carbocycles. The molecule has 3 aromatic rings. The molecule has 1 heterocycles. The van der Waals surface area contributed by atoms with Crippen molar-refractivity contribution in [2.75, 3.05) is 0 Å². The van der Waals surface area contributed by atoms with Gasteiger partial charge in [-0.25, -0.2) is 4.68 Å². The van der Waals surface area contributed by atoms with Gasteiger partial charge < -0.3 is 5.11 Å². The van der Waals surface area contributed by atoms with Gasteiger partial charge in [0.2, 0.25) is 0 Å². The number of rotatable bonds is 6. The number of phenols is 1. The van der Waals surface area contributed by atoms with Gasteiger partial charge in [-0.1, -0.05) is 31.5 Å². The Labute approximate surface area is 157 Å². The lowest BCUT2D eigenvalue weighted by molar-refractivity contribution is 0.101. The summed E-state index contributed by atoms with van der Waals surface area (Å²) in [6.07, 6.45) is 1.70. The number of benzene rings is 2. The summed E-state index contributed by atoms with van der Waals surface area (Å²) in [4.78, 5) is 23.8. The van der Waals surface area contributed by atoms with Gasteiger partial charge in [0, 0.05) is 17.2 Å².